The van der Waals surface area contributed by atoms with Crippen LogP contribution in [0.5, 0.6) is 0 Å². The summed E-state index contributed by atoms with van der Waals surface area (Å²) >= 11 is 0. The molecule has 2 atom stereocenters. The maximum atomic E-state index is 6.12. The highest BCUT2D eigenvalue weighted by molar-refractivity contribution is 4.75. The number of ether oxygens (including phenoxy) is 2. The van der Waals surface area contributed by atoms with Gasteiger partial charge < -0.3 is 14.8 Å². The molecule has 0 radical (unpaired) electrons. The van der Waals surface area contributed by atoms with E-state index in [9.17, 15) is 0 Å². The molecule has 0 amide bonds. The average Bonchev–Trinajstić information content (AvgIpc) is 2.39. The van der Waals surface area contributed by atoms with Crippen LogP contribution in [0.3, 0.4) is 0 Å². The molecule has 1 saturated heterocycles. The van der Waals surface area contributed by atoms with Gasteiger partial charge in [0.2, 0.25) is 0 Å². The number of rotatable bonds is 8. The molecule has 0 aliphatic carbocycles. The van der Waals surface area contributed by atoms with E-state index in [4.69, 9.17) is 9.47 Å². The van der Waals surface area contributed by atoms with Crippen molar-refractivity contribution in [3.63, 3.8) is 0 Å². The van der Waals surface area contributed by atoms with Crippen LogP contribution in [0.4, 0.5) is 0 Å². The molecule has 0 aromatic rings. The van der Waals surface area contributed by atoms with Gasteiger partial charge in [0.1, 0.15) is 0 Å². The third-order valence-electron chi connectivity index (χ3n) is 3.71. The summed E-state index contributed by atoms with van der Waals surface area (Å²) in [7, 11) is 2.04. The monoisotopic (exact) mass is 243 g/mol. The van der Waals surface area contributed by atoms with Gasteiger partial charge in [0.05, 0.1) is 12.7 Å². The lowest BCUT2D eigenvalue weighted by atomic mass is 10.0. The van der Waals surface area contributed by atoms with Gasteiger partial charge in [0.25, 0.3) is 0 Å². The van der Waals surface area contributed by atoms with E-state index in [1.807, 2.05) is 7.05 Å². The van der Waals surface area contributed by atoms with E-state index >= 15 is 0 Å². The van der Waals surface area contributed by atoms with Crippen molar-refractivity contribution in [2.24, 2.45) is 5.92 Å². The Morgan fingerprint density at radius 3 is 2.53 bits per heavy atom. The molecule has 1 aliphatic heterocycles. The molecule has 102 valence electrons. The summed E-state index contributed by atoms with van der Waals surface area (Å²) < 4.78 is 11.5. The molecule has 0 aromatic carbocycles. The van der Waals surface area contributed by atoms with Crippen LogP contribution in [-0.2, 0) is 9.47 Å². The first-order valence-corrected chi connectivity index (χ1v) is 7.18. The fourth-order valence-electron chi connectivity index (χ4n) is 2.52. The average molecular weight is 243 g/mol. The van der Waals surface area contributed by atoms with Crippen molar-refractivity contribution >= 4 is 0 Å². The summed E-state index contributed by atoms with van der Waals surface area (Å²) in [4.78, 5) is 0. The Morgan fingerprint density at radius 2 is 2.00 bits per heavy atom. The maximum Gasteiger partial charge on any atom is 0.0725 e. The highest BCUT2D eigenvalue weighted by Crippen LogP contribution is 2.18. The maximum absolute atomic E-state index is 6.12. The van der Waals surface area contributed by atoms with Crippen molar-refractivity contribution in [3.8, 4) is 0 Å². The molecule has 0 bridgehead atoms. The molecular weight excluding hydrogens is 214 g/mol. The van der Waals surface area contributed by atoms with Crippen molar-refractivity contribution in [1.82, 2.24) is 5.32 Å². The zero-order valence-corrected chi connectivity index (χ0v) is 11.7. The third-order valence-corrected chi connectivity index (χ3v) is 3.71. The quantitative estimate of drug-likeness (QED) is 0.711. The van der Waals surface area contributed by atoms with Gasteiger partial charge in [-0.3, -0.25) is 0 Å². The molecule has 2 unspecified atom stereocenters. The lowest BCUT2D eigenvalue weighted by molar-refractivity contribution is -0.0256. The third kappa shape index (κ3) is 5.36. The van der Waals surface area contributed by atoms with Crippen molar-refractivity contribution in [1.29, 1.82) is 0 Å². The normalized spacial score (nSPS) is 21.4. The topological polar surface area (TPSA) is 30.5 Å². The predicted molar refractivity (Wildman–Crippen MR) is 71.3 cm³/mol. The first-order chi connectivity index (χ1) is 8.31. The largest absolute Gasteiger partial charge is 0.381 e. The van der Waals surface area contributed by atoms with E-state index in [2.05, 4.69) is 19.2 Å². The van der Waals surface area contributed by atoms with Crippen LogP contribution >= 0.6 is 0 Å². The number of likely N-dealkylation sites (N-methyl/N-ethyl adjacent to an activating group) is 1. The Morgan fingerprint density at radius 1 is 1.29 bits per heavy atom. The summed E-state index contributed by atoms with van der Waals surface area (Å²) in [6.45, 7) is 7.18. The van der Waals surface area contributed by atoms with Gasteiger partial charge in [0, 0.05) is 19.3 Å². The Balaban J connectivity index is 2.28. The second kappa shape index (κ2) is 8.90. The Bertz CT molecular complexity index is 181. The second-order valence-electron chi connectivity index (χ2n) is 5.02. The van der Waals surface area contributed by atoms with E-state index in [1.54, 1.807) is 0 Å². The number of hydrogen-bond donors (Lipinski definition) is 1. The first-order valence-electron chi connectivity index (χ1n) is 7.18. The van der Waals surface area contributed by atoms with Gasteiger partial charge in [-0.05, 0) is 38.6 Å². The fraction of sp³-hybridized carbons (Fsp3) is 1.00. The van der Waals surface area contributed by atoms with E-state index in [0.717, 1.165) is 39.1 Å². The van der Waals surface area contributed by atoms with E-state index < -0.39 is 0 Å². The molecule has 3 heteroatoms. The van der Waals surface area contributed by atoms with Crippen molar-refractivity contribution in [2.75, 3.05) is 26.9 Å². The highest BCUT2D eigenvalue weighted by Gasteiger charge is 2.21. The first kappa shape index (κ1) is 14.9. The van der Waals surface area contributed by atoms with Crippen LogP contribution in [0, 0.1) is 5.92 Å². The molecule has 1 fully saturated rings. The zero-order chi connectivity index (χ0) is 12.5. The molecule has 1 aliphatic rings. The van der Waals surface area contributed by atoms with Crippen LogP contribution in [-0.4, -0.2) is 39.0 Å². The predicted octanol–water partition coefficient (Wildman–Crippen LogP) is 2.60. The zero-order valence-electron chi connectivity index (χ0n) is 11.7. The van der Waals surface area contributed by atoms with Gasteiger partial charge in [-0.25, -0.2) is 0 Å². The SMILES string of the molecule is CCCC(NC)C(CC)OCC1CCOCC1. The molecule has 1 rings (SSSR count). The van der Waals surface area contributed by atoms with Crippen LogP contribution in [0.2, 0.25) is 0 Å². The van der Waals surface area contributed by atoms with Crippen LogP contribution < -0.4 is 5.32 Å². The lowest BCUT2D eigenvalue weighted by Gasteiger charge is -2.29. The Kier molecular flexibility index (Phi) is 7.82. The molecule has 1 heterocycles. The highest BCUT2D eigenvalue weighted by atomic mass is 16.5. The molecular formula is C14H29NO2. The van der Waals surface area contributed by atoms with Crippen LogP contribution in [0.15, 0.2) is 0 Å². The molecule has 3 nitrogen and oxygen atoms in total. The summed E-state index contributed by atoms with van der Waals surface area (Å²) in [5.74, 6) is 0.705. The summed E-state index contributed by atoms with van der Waals surface area (Å²) in [6.07, 6.45) is 6.19. The van der Waals surface area contributed by atoms with Crippen molar-refractivity contribution in [2.45, 2.75) is 58.1 Å². The molecule has 0 spiro atoms. The van der Waals surface area contributed by atoms with Crippen molar-refractivity contribution in [3.05, 3.63) is 0 Å². The van der Waals surface area contributed by atoms with E-state index in [0.29, 0.717) is 18.1 Å². The fourth-order valence-corrected chi connectivity index (χ4v) is 2.52. The van der Waals surface area contributed by atoms with Crippen molar-refractivity contribution < 1.29 is 9.47 Å². The molecule has 1 N–H and O–H groups in total. The second-order valence-corrected chi connectivity index (χ2v) is 5.02. The van der Waals surface area contributed by atoms with Crippen LogP contribution in [0.1, 0.15) is 46.0 Å². The van der Waals surface area contributed by atoms with Gasteiger partial charge in [0.15, 0.2) is 0 Å². The van der Waals surface area contributed by atoms with E-state index in [1.165, 1.54) is 12.8 Å². The molecule has 0 saturated carbocycles. The Hall–Kier alpha value is -0.120. The van der Waals surface area contributed by atoms with Crippen LogP contribution in [0.25, 0.3) is 0 Å². The number of hydrogen-bond acceptors (Lipinski definition) is 3. The summed E-state index contributed by atoms with van der Waals surface area (Å²) in [6, 6.07) is 0.504. The Labute approximate surface area is 106 Å². The summed E-state index contributed by atoms with van der Waals surface area (Å²) in [5, 5.41) is 3.39. The molecule has 0 aromatic heterocycles. The smallest absolute Gasteiger partial charge is 0.0725 e. The van der Waals surface area contributed by atoms with Gasteiger partial charge in [-0.15, -0.1) is 0 Å². The van der Waals surface area contributed by atoms with Gasteiger partial charge in [-0.1, -0.05) is 20.3 Å². The minimum absolute atomic E-state index is 0.364. The standard InChI is InChI=1S/C14H29NO2/c1-4-6-13(15-3)14(5-2)17-11-12-7-9-16-10-8-12/h12-15H,4-11H2,1-3H3. The number of nitrogens with one attached hydrogen (secondary N) is 1. The summed E-state index contributed by atoms with van der Waals surface area (Å²) in [5.41, 5.74) is 0. The van der Waals surface area contributed by atoms with E-state index in [-0.39, 0.29) is 0 Å². The molecule has 17 heavy (non-hydrogen) atoms. The minimum atomic E-state index is 0.364. The van der Waals surface area contributed by atoms with Gasteiger partial charge >= 0.3 is 0 Å². The minimum Gasteiger partial charge on any atom is -0.381 e. The van der Waals surface area contributed by atoms with Gasteiger partial charge in [-0.2, -0.15) is 0 Å². The lowest BCUT2D eigenvalue weighted by Crippen LogP contribution is -2.40.